The van der Waals surface area contributed by atoms with Gasteiger partial charge in [0.15, 0.2) is 0 Å². The van der Waals surface area contributed by atoms with E-state index < -0.39 is 17.9 Å². The lowest BCUT2D eigenvalue weighted by Gasteiger charge is -2.13. The van der Waals surface area contributed by atoms with Gasteiger partial charge in [-0.15, -0.1) is 0 Å². The fraction of sp³-hybridized carbons (Fsp3) is 0.333. The zero-order valence-electron chi connectivity index (χ0n) is 9.53. The van der Waals surface area contributed by atoms with E-state index >= 15 is 0 Å². The van der Waals surface area contributed by atoms with Crippen LogP contribution < -0.4 is 0 Å². The van der Waals surface area contributed by atoms with E-state index in [0.717, 1.165) is 13.0 Å². The molecule has 0 unspecified atom stereocenters. The lowest BCUT2D eigenvalue weighted by molar-refractivity contribution is -0.149. The normalized spacial score (nSPS) is 14.2. The number of fused-ring (bicyclic) bond motifs is 1. The van der Waals surface area contributed by atoms with Gasteiger partial charge >= 0.3 is 6.18 Å². The first-order chi connectivity index (χ1) is 8.21. The molecule has 1 aromatic carbocycles. The Morgan fingerprint density at radius 3 is 2.44 bits per heavy atom. The van der Waals surface area contributed by atoms with Gasteiger partial charge in [-0.2, -0.15) is 13.2 Å². The quantitative estimate of drug-likeness (QED) is 0.648. The molecule has 6 heteroatoms. The third kappa shape index (κ3) is 2.13. The number of alkyl halides is 3. The lowest BCUT2D eigenvalue weighted by Crippen LogP contribution is -2.17. The molecular formula is C12H9BrF4O. The minimum atomic E-state index is -4.39. The van der Waals surface area contributed by atoms with Crippen LogP contribution in [0.1, 0.15) is 24.2 Å². The van der Waals surface area contributed by atoms with Crippen molar-refractivity contribution in [1.29, 1.82) is 0 Å². The smallest absolute Gasteiger partial charge is 0.398 e. The summed E-state index contributed by atoms with van der Waals surface area (Å²) in [7, 11) is 0. The summed E-state index contributed by atoms with van der Waals surface area (Å²) < 4.78 is 56.8. The summed E-state index contributed by atoms with van der Waals surface area (Å²) in [5.74, 6) is -2.42. The Morgan fingerprint density at radius 2 is 1.89 bits per heavy atom. The topological polar surface area (TPSA) is 13.1 Å². The van der Waals surface area contributed by atoms with Crippen LogP contribution in [0.3, 0.4) is 0 Å². The van der Waals surface area contributed by atoms with Gasteiger partial charge in [0, 0.05) is 5.39 Å². The molecule has 0 saturated heterocycles. The maximum absolute atomic E-state index is 13.2. The van der Waals surface area contributed by atoms with Crippen LogP contribution in [0, 0.1) is 12.7 Å². The highest BCUT2D eigenvalue weighted by Crippen LogP contribution is 2.41. The predicted molar refractivity (Wildman–Crippen MR) is 63.1 cm³/mol. The number of benzene rings is 1. The Morgan fingerprint density at radius 1 is 1.28 bits per heavy atom. The first-order valence-corrected chi connectivity index (χ1v) is 5.96. The van der Waals surface area contributed by atoms with E-state index in [1.807, 2.05) is 0 Å². The first-order valence-electron chi connectivity index (χ1n) is 5.16. The summed E-state index contributed by atoms with van der Waals surface area (Å²) in [5.41, 5.74) is 0.551. The van der Waals surface area contributed by atoms with E-state index in [-0.39, 0.29) is 11.3 Å². The maximum Gasteiger partial charge on any atom is 0.398 e. The van der Waals surface area contributed by atoms with E-state index in [1.54, 1.807) is 0 Å². The molecule has 2 rings (SSSR count). The standard InChI is InChI=1S/C12H9BrF4O/c1-5-8-3-7(14)4-9(13)11(8)18-10(5)6(2)12(15,16)17/h3-4,6H,1-2H3/t6-/m1/s1. The van der Waals surface area contributed by atoms with Crippen molar-refractivity contribution in [2.24, 2.45) is 0 Å². The summed E-state index contributed by atoms with van der Waals surface area (Å²) in [5, 5.41) is 0.355. The molecule has 0 amide bonds. The molecule has 2 aromatic rings. The van der Waals surface area contributed by atoms with Gasteiger partial charge < -0.3 is 4.42 Å². The molecule has 0 aliphatic rings. The van der Waals surface area contributed by atoms with Gasteiger partial charge in [0.05, 0.1) is 4.47 Å². The molecule has 18 heavy (non-hydrogen) atoms. The molecule has 0 fully saturated rings. The molecule has 0 N–H and O–H groups in total. The van der Waals surface area contributed by atoms with Crippen molar-refractivity contribution in [3.05, 3.63) is 33.7 Å². The molecule has 0 saturated carbocycles. The third-order valence-electron chi connectivity index (χ3n) is 2.88. The molecule has 0 aliphatic carbocycles. The SMILES string of the molecule is Cc1c([C@@H](C)C(F)(F)F)oc2c(Br)cc(F)cc12. The Balaban J connectivity index is 2.68. The largest absolute Gasteiger partial charge is 0.459 e. The zero-order valence-corrected chi connectivity index (χ0v) is 11.1. The van der Waals surface area contributed by atoms with Crippen molar-refractivity contribution in [3.8, 4) is 0 Å². The highest BCUT2D eigenvalue weighted by molar-refractivity contribution is 9.10. The van der Waals surface area contributed by atoms with Crippen molar-refractivity contribution in [1.82, 2.24) is 0 Å². The minimum absolute atomic E-state index is 0.177. The zero-order chi connectivity index (χ0) is 13.7. The van der Waals surface area contributed by atoms with Crippen LogP contribution in [-0.4, -0.2) is 6.18 Å². The summed E-state index contributed by atoms with van der Waals surface area (Å²) in [4.78, 5) is 0. The first kappa shape index (κ1) is 13.4. The number of aryl methyl sites for hydroxylation is 1. The Labute approximate surface area is 109 Å². The van der Waals surface area contributed by atoms with Crippen LogP contribution in [0.15, 0.2) is 21.0 Å². The van der Waals surface area contributed by atoms with Crippen molar-refractivity contribution in [3.63, 3.8) is 0 Å². The molecule has 0 spiro atoms. The average molecular weight is 325 g/mol. The van der Waals surface area contributed by atoms with E-state index in [9.17, 15) is 17.6 Å². The summed E-state index contributed by atoms with van der Waals surface area (Å²) in [6.45, 7) is 2.52. The minimum Gasteiger partial charge on any atom is -0.459 e. The number of rotatable bonds is 1. The van der Waals surface area contributed by atoms with Crippen molar-refractivity contribution >= 4 is 26.9 Å². The molecule has 1 heterocycles. The van der Waals surface area contributed by atoms with Gasteiger partial charge in [0.2, 0.25) is 0 Å². The number of hydrogen-bond acceptors (Lipinski definition) is 1. The molecule has 0 aliphatic heterocycles. The second-order valence-electron chi connectivity index (χ2n) is 4.12. The van der Waals surface area contributed by atoms with Crippen molar-refractivity contribution in [2.45, 2.75) is 25.9 Å². The van der Waals surface area contributed by atoms with Crippen molar-refractivity contribution < 1.29 is 22.0 Å². The lowest BCUT2D eigenvalue weighted by atomic mass is 10.0. The van der Waals surface area contributed by atoms with Crippen LogP contribution in [0.5, 0.6) is 0 Å². The van der Waals surface area contributed by atoms with Crippen LogP contribution >= 0.6 is 15.9 Å². The number of hydrogen-bond donors (Lipinski definition) is 0. The van der Waals surface area contributed by atoms with E-state index in [0.29, 0.717) is 15.4 Å². The van der Waals surface area contributed by atoms with Crippen LogP contribution in [0.25, 0.3) is 11.0 Å². The molecule has 1 atom stereocenters. The Bertz CT molecular complexity index is 600. The van der Waals surface area contributed by atoms with Gasteiger partial charge in [-0.1, -0.05) is 0 Å². The highest BCUT2D eigenvalue weighted by Gasteiger charge is 2.40. The molecule has 1 aromatic heterocycles. The monoisotopic (exact) mass is 324 g/mol. The molecule has 0 bridgehead atoms. The molecule has 0 radical (unpaired) electrons. The van der Waals surface area contributed by atoms with Gasteiger partial charge in [-0.3, -0.25) is 0 Å². The van der Waals surface area contributed by atoms with Gasteiger partial charge in [0.25, 0.3) is 0 Å². The number of furan rings is 1. The van der Waals surface area contributed by atoms with Gasteiger partial charge in [-0.05, 0) is 47.5 Å². The van der Waals surface area contributed by atoms with E-state index in [2.05, 4.69) is 15.9 Å². The molecule has 98 valence electrons. The van der Waals surface area contributed by atoms with E-state index in [4.69, 9.17) is 4.42 Å². The fourth-order valence-corrected chi connectivity index (χ4v) is 2.34. The van der Waals surface area contributed by atoms with Crippen molar-refractivity contribution in [2.75, 3.05) is 0 Å². The van der Waals surface area contributed by atoms with E-state index in [1.165, 1.54) is 13.0 Å². The van der Waals surface area contributed by atoms with Crippen LogP contribution in [-0.2, 0) is 0 Å². The second kappa shape index (κ2) is 4.26. The summed E-state index contributed by atoms with van der Waals surface area (Å²) >= 11 is 3.08. The van der Waals surface area contributed by atoms with Gasteiger partial charge in [-0.25, -0.2) is 4.39 Å². The maximum atomic E-state index is 13.2. The third-order valence-corrected chi connectivity index (χ3v) is 3.47. The Hall–Kier alpha value is -1.04. The van der Waals surface area contributed by atoms with Crippen LogP contribution in [0.2, 0.25) is 0 Å². The van der Waals surface area contributed by atoms with Gasteiger partial charge in [0.1, 0.15) is 23.1 Å². The molecule has 1 nitrogen and oxygen atoms in total. The highest BCUT2D eigenvalue weighted by atomic mass is 79.9. The molecular weight excluding hydrogens is 316 g/mol. The van der Waals surface area contributed by atoms with Crippen LogP contribution in [0.4, 0.5) is 17.6 Å². The summed E-state index contributed by atoms with van der Waals surface area (Å²) in [6, 6.07) is 2.33. The average Bonchev–Trinajstić information content (AvgIpc) is 2.54. The fourth-order valence-electron chi connectivity index (χ4n) is 1.82. The Kier molecular flexibility index (Phi) is 3.17. The summed E-state index contributed by atoms with van der Waals surface area (Å²) in [6.07, 6.45) is -4.39. The second-order valence-corrected chi connectivity index (χ2v) is 4.97. The number of halogens is 5. The predicted octanol–water partition coefficient (Wildman–Crippen LogP) is 5.31.